The average Bonchev–Trinajstić information content (AvgIpc) is 2.78. The monoisotopic (exact) mass is 248 g/mol. The van der Waals surface area contributed by atoms with Crippen molar-refractivity contribution in [3.8, 4) is 10.6 Å². The molecule has 1 heterocycles. The number of aromatic nitrogens is 1. The standard InChI is InChI=1S/C12H12N2O2S/c1-2-4-10-8-17-12(13-10)9-5-3-6-11(7-9)14(15)16/h3,5-8H,2,4H2,1H3. The van der Waals surface area contributed by atoms with Crippen molar-refractivity contribution >= 4 is 17.0 Å². The van der Waals surface area contributed by atoms with E-state index in [2.05, 4.69) is 11.9 Å². The van der Waals surface area contributed by atoms with Gasteiger partial charge in [0.2, 0.25) is 0 Å². The molecule has 0 aliphatic carbocycles. The minimum absolute atomic E-state index is 0.106. The molecule has 0 saturated heterocycles. The number of nitrogens with zero attached hydrogens (tertiary/aromatic N) is 2. The number of rotatable bonds is 4. The summed E-state index contributed by atoms with van der Waals surface area (Å²) >= 11 is 1.53. The molecule has 2 aromatic rings. The van der Waals surface area contributed by atoms with Crippen LogP contribution in [-0.2, 0) is 6.42 Å². The third kappa shape index (κ3) is 2.68. The molecule has 1 aromatic carbocycles. The van der Waals surface area contributed by atoms with Gasteiger partial charge < -0.3 is 0 Å². The molecule has 4 nitrogen and oxygen atoms in total. The van der Waals surface area contributed by atoms with Gasteiger partial charge in [0.25, 0.3) is 5.69 Å². The molecule has 1 aromatic heterocycles. The van der Waals surface area contributed by atoms with Gasteiger partial charge in [-0.3, -0.25) is 10.1 Å². The van der Waals surface area contributed by atoms with E-state index >= 15 is 0 Å². The molecule has 88 valence electrons. The van der Waals surface area contributed by atoms with E-state index < -0.39 is 0 Å². The van der Waals surface area contributed by atoms with Crippen molar-refractivity contribution in [2.24, 2.45) is 0 Å². The lowest BCUT2D eigenvalue weighted by atomic mass is 10.2. The molecule has 0 radical (unpaired) electrons. The zero-order chi connectivity index (χ0) is 12.3. The Morgan fingerprint density at radius 2 is 2.29 bits per heavy atom. The number of non-ortho nitro benzene ring substituents is 1. The van der Waals surface area contributed by atoms with Gasteiger partial charge in [0.1, 0.15) is 5.01 Å². The maximum absolute atomic E-state index is 10.7. The van der Waals surface area contributed by atoms with E-state index in [-0.39, 0.29) is 10.6 Å². The molecule has 0 N–H and O–H groups in total. The van der Waals surface area contributed by atoms with E-state index in [0.29, 0.717) is 0 Å². The second-order valence-corrected chi connectivity index (χ2v) is 4.56. The van der Waals surface area contributed by atoms with Crippen molar-refractivity contribution < 1.29 is 4.92 Å². The zero-order valence-electron chi connectivity index (χ0n) is 9.42. The summed E-state index contributed by atoms with van der Waals surface area (Å²) in [7, 11) is 0. The number of aryl methyl sites for hydroxylation is 1. The third-order valence-corrected chi connectivity index (χ3v) is 3.30. The molecule has 0 spiro atoms. The van der Waals surface area contributed by atoms with Gasteiger partial charge in [0, 0.05) is 23.1 Å². The van der Waals surface area contributed by atoms with Gasteiger partial charge >= 0.3 is 0 Å². The summed E-state index contributed by atoms with van der Waals surface area (Å²) in [5.74, 6) is 0. The highest BCUT2D eigenvalue weighted by Gasteiger charge is 2.09. The summed E-state index contributed by atoms with van der Waals surface area (Å²) < 4.78 is 0. The first-order valence-corrected chi connectivity index (χ1v) is 6.28. The Morgan fingerprint density at radius 3 is 3.00 bits per heavy atom. The number of hydrogen-bond acceptors (Lipinski definition) is 4. The van der Waals surface area contributed by atoms with E-state index in [0.717, 1.165) is 29.1 Å². The highest BCUT2D eigenvalue weighted by atomic mass is 32.1. The molecule has 5 heteroatoms. The van der Waals surface area contributed by atoms with Gasteiger partial charge in [-0.1, -0.05) is 25.5 Å². The summed E-state index contributed by atoms with van der Waals surface area (Å²) in [5, 5.41) is 13.5. The Morgan fingerprint density at radius 1 is 1.47 bits per heavy atom. The van der Waals surface area contributed by atoms with Crippen molar-refractivity contribution in [1.29, 1.82) is 0 Å². The summed E-state index contributed by atoms with van der Waals surface area (Å²) in [6.45, 7) is 2.10. The van der Waals surface area contributed by atoms with Crippen LogP contribution >= 0.6 is 11.3 Å². The highest BCUT2D eigenvalue weighted by molar-refractivity contribution is 7.13. The number of hydrogen-bond donors (Lipinski definition) is 0. The summed E-state index contributed by atoms with van der Waals surface area (Å²) in [5.41, 5.74) is 1.97. The first-order chi connectivity index (χ1) is 8.20. The smallest absolute Gasteiger partial charge is 0.258 e. The molecule has 0 atom stereocenters. The maximum Gasteiger partial charge on any atom is 0.270 e. The van der Waals surface area contributed by atoms with Crippen molar-refractivity contribution in [2.75, 3.05) is 0 Å². The van der Waals surface area contributed by atoms with Crippen LogP contribution in [0.5, 0.6) is 0 Å². The number of thiazole rings is 1. The van der Waals surface area contributed by atoms with Crippen molar-refractivity contribution in [3.63, 3.8) is 0 Å². The third-order valence-electron chi connectivity index (χ3n) is 2.36. The van der Waals surface area contributed by atoms with Crippen LogP contribution in [0, 0.1) is 10.1 Å². The van der Waals surface area contributed by atoms with Gasteiger partial charge in [0.15, 0.2) is 0 Å². The Balaban J connectivity index is 2.32. The Bertz CT molecular complexity index is 537. The minimum atomic E-state index is -0.385. The van der Waals surface area contributed by atoms with Crippen LogP contribution in [0.25, 0.3) is 10.6 Å². The Kier molecular flexibility index (Phi) is 3.49. The highest BCUT2D eigenvalue weighted by Crippen LogP contribution is 2.27. The lowest BCUT2D eigenvalue weighted by Crippen LogP contribution is -1.88. The summed E-state index contributed by atoms with van der Waals surface area (Å²) in [6, 6.07) is 6.59. The van der Waals surface area contributed by atoms with Crippen LogP contribution in [0.1, 0.15) is 19.0 Å². The molecule has 0 fully saturated rings. The number of nitro groups is 1. The molecule has 2 rings (SSSR count). The molecule has 0 saturated carbocycles. The first kappa shape index (κ1) is 11.7. The second-order valence-electron chi connectivity index (χ2n) is 3.70. The minimum Gasteiger partial charge on any atom is -0.258 e. The molecule has 0 amide bonds. The normalized spacial score (nSPS) is 10.4. The fourth-order valence-corrected chi connectivity index (χ4v) is 2.41. The van der Waals surface area contributed by atoms with E-state index in [4.69, 9.17) is 0 Å². The molecule has 0 aliphatic heterocycles. The molecular weight excluding hydrogens is 236 g/mol. The van der Waals surface area contributed by atoms with Gasteiger partial charge in [-0.05, 0) is 6.42 Å². The average molecular weight is 248 g/mol. The lowest BCUT2D eigenvalue weighted by Gasteiger charge is -1.96. The summed E-state index contributed by atoms with van der Waals surface area (Å²) in [4.78, 5) is 14.8. The van der Waals surface area contributed by atoms with Crippen LogP contribution in [-0.4, -0.2) is 9.91 Å². The van der Waals surface area contributed by atoms with Gasteiger partial charge in [0.05, 0.1) is 10.6 Å². The molecule has 0 unspecified atom stereocenters. The van der Waals surface area contributed by atoms with Crippen LogP contribution < -0.4 is 0 Å². The van der Waals surface area contributed by atoms with Gasteiger partial charge in [-0.25, -0.2) is 4.98 Å². The van der Waals surface area contributed by atoms with Gasteiger partial charge in [-0.2, -0.15) is 0 Å². The largest absolute Gasteiger partial charge is 0.270 e. The van der Waals surface area contributed by atoms with Crippen molar-refractivity contribution in [1.82, 2.24) is 4.98 Å². The molecule has 17 heavy (non-hydrogen) atoms. The van der Waals surface area contributed by atoms with E-state index in [1.165, 1.54) is 17.4 Å². The quantitative estimate of drug-likeness (QED) is 0.612. The fraction of sp³-hybridized carbons (Fsp3) is 0.250. The SMILES string of the molecule is CCCc1csc(-c2cccc([N+](=O)[O-])c2)n1. The summed E-state index contributed by atoms with van der Waals surface area (Å²) in [6.07, 6.45) is 2.00. The molecule has 0 bridgehead atoms. The predicted octanol–water partition coefficient (Wildman–Crippen LogP) is 3.67. The van der Waals surface area contributed by atoms with E-state index in [1.807, 2.05) is 11.4 Å². The van der Waals surface area contributed by atoms with Gasteiger partial charge in [-0.15, -0.1) is 11.3 Å². The van der Waals surface area contributed by atoms with E-state index in [1.54, 1.807) is 12.1 Å². The maximum atomic E-state index is 10.7. The molecule has 0 aliphatic rings. The van der Waals surface area contributed by atoms with Crippen LogP contribution in [0.15, 0.2) is 29.6 Å². The predicted molar refractivity (Wildman–Crippen MR) is 68.2 cm³/mol. The van der Waals surface area contributed by atoms with Crippen molar-refractivity contribution in [3.05, 3.63) is 45.5 Å². The fourth-order valence-electron chi connectivity index (χ4n) is 1.56. The number of nitro benzene ring substituents is 1. The first-order valence-electron chi connectivity index (χ1n) is 5.40. The van der Waals surface area contributed by atoms with Crippen LogP contribution in [0.4, 0.5) is 5.69 Å². The Hall–Kier alpha value is -1.75. The van der Waals surface area contributed by atoms with Crippen LogP contribution in [0.2, 0.25) is 0 Å². The Labute approximate surface area is 103 Å². The number of benzene rings is 1. The lowest BCUT2D eigenvalue weighted by molar-refractivity contribution is -0.384. The van der Waals surface area contributed by atoms with Crippen molar-refractivity contribution in [2.45, 2.75) is 19.8 Å². The second kappa shape index (κ2) is 5.05. The topological polar surface area (TPSA) is 56.0 Å². The molecular formula is C12H12N2O2S. The van der Waals surface area contributed by atoms with E-state index in [9.17, 15) is 10.1 Å². The zero-order valence-corrected chi connectivity index (χ0v) is 10.2. The van der Waals surface area contributed by atoms with Crippen LogP contribution in [0.3, 0.4) is 0 Å².